The number of carbonyl (C=O) groups is 1. The average Bonchev–Trinajstić information content (AvgIpc) is 2.92. The monoisotopic (exact) mass is 508 g/mol. The van der Waals surface area contributed by atoms with E-state index in [-0.39, 0.29) is 5.57 Å². The van der Waals surface area contributed by atoms with Gasteiger partial charge in [0.2, 0.25) is 0 Å². The van der Waals surface area contributed by atoms with Gasteiger partial charge in [0, 0.05) is 16.3 Å². The molecule has 0 atom stereocenters. The maximum Gasteiger partial charge on any atom is 0.266 e. The summed E-state index contributed by atoms with van der Waals surface area (Å²) in [5.74, 6) is 0.736. The second-order valence-electron chi connectivity index (χ2n) is 8.38. The van der Waals surface area contributed by atoms with E-state index in [1.54, 1.807) is 24.3 Å². The van der Waals surface area contributed by atoms with Crippen LogP contribution in [0.5, 0.6) is 11.5 Å². The Labute approximate surface area is 221 Å². The van der Waals surface area contributed by atoms with Crippen molar-refractivity contribution in [1.29, 1.82) is 5.26 Å². The maximum atomic E-state index is 12.8. The largest absolute Gasteiger partial charge is 0.489 e. The number of ether oxygens (including phenoxy) is 2. The van der Waals surface area contributed by atoms with E-state index in [1.807, 2.05) is 85.8 Å². The van der Waals surface area contributed by atoms with Crippen LogP contribution in [0, 0.1) is 18.3 Å². The Morgan fingerprint density at radius 2 is 1.49 bits per heavy atom. The maximum absolute atomic E-state index is 12.8. The number of halogens is 1. The molecule has 0 unspecified atom stereocenters. The van der Waals surface area contributed by atoms with E-state index in [0.29, 0.717) is 41.0 Å². The van der Waals surface area contributed by atoms with Crippen LogP contribution < -0.4 is 14.8 Å². The zero-order valence-corrected chi connectivity index (χ0v) is 21.0. The van der Waals surface area contributed by atoms with E-state index in [9.17, 15) is 10.1 Å². The molecule has 0 radical (unpaired) electrons. The highest BCUT2D eigenvalue weighted by molar-refractivity contribution is 6.30. The molecule has 184 valence electrons. The zero-order chi connectivity index (χ0) is 26.0. The van der Waals surface area contributed by atoms with E-state index in [2.05, 4.69) is 5.32 Å². The van der Waals surface area contributed by atoms with Gasteiger partial charge >= 0.3 is 0 Å². The number of aryl methyl sites for hydroxylation is 1. The first-order valence-corrected chi connectivity index (χ1v) is 12.1. The Bertz CT molecular complexity index is 1420. The topological polar surface area (TPSA) is 71.3 Å². The molecule has 0 spiro atoms. The number of rotatable bonds is 9. The number of nitrogens with zero attached hydrogens (tertiary/aromatic N) is 1. The van der Waals surface area contributed by atoms with Crippen molar-refractivity contribution in [2.75, 3.05) is 5.32 Å². The normalized spacial score (nSPS) is 10.9. The van der Waals surface area contributed by atoms with Crippen molar-refractivity contribution in [3.8, 4) is 17.6 Å². The smallest absolute Gasteiger partial charge is 0.266 e. The summed E-state index contributed by atoms with van der Waals surface area (Å²) in [6, 6.07) is 31.8. The minimum atomic E-state index is -0.509. The summed E-state index contributed by atoms with van der Waals surface area (Å²) in [4.78, 5) is 12.8. The Balaban J connectivity index is 1.38. The van der Waals surface area contributed by atoms with Crippen LogP contribution in [0.1, 0.15) is 22.3 Å². The molecule has 4 rings (SSSR count). The van der Waals surface area contributed by atoms with Gasteiger partial charge in [-0.15, -0.1) is 0 Å². The summed E-state index contributed by atoms with van der Waals surface area (Å²) >= 11 is 5.91. The summed E-state index contributed by atoms with van der Waals surface area (Å²) in [5.41, 5.74) is 4.37. The number of nitriles is 1. The van der Waals surface area contributed by atoms with E-state index in [1.165, 1.54) is 11.6 Å². The average molecular weight is 509 g/mol. The summed E-state index contributed by atoms with van der Waals surface area (Å²) in [6.45, 7) is 2.81. The molecule has 4 aromatic rings. The number of amides is 1. The van der Waals surface area contributed by atoms with Gasteiger partial charge in [-0.25, -0.2) is 0 Å². The lowest BCUT2D eigenvalue weighted by atomic mass is 10.1. The molecule has 0 aliphatic heterocycles. The second-order valence-corrected chi connectivity index (χ2v) is 8.81. The lowest BCUT2D eigenvalue weighted by molar-refractivity contribution is -0.112. The van der Waals surface area contributed by atoms with Crippen LogP contribution in [0.15, 0.2) is 103 Å². The fourth-order valence-electron chi connectivity index (χ4n) is 3.46. The fourth-order valence-corrected chi connectivity index (χ4v) is 3.59. The van der Waals surface area contributed by atoms with Gasteiger partial charge in [-0.1, -0.05) is 71.8 Å². The van der Waals surface area contributed by atoms with Gasteiger partial charge in [-0.05, 0) is 66.6 Å². The van der Waals surface area contributed by atoms with E-state index in [0.717, 1.165) is 11.1 Å². The molecule has 0 saturated heterocycles. The Morgan fingerprint density at radius 1 is 0.865 bits per heavy atom. The summed E-state index contributed by atoms with van der Waals surface area (Å²) in [6.07, 6.45) is 1.53. The molecule has 1 amide bonds. The number of carbonyl (C=O) groups excluding carboxylic acids is 1. The van der Waals surface area contributed by atoms with Gasteiger partial charge in [-0.2, -0.15) is 5.26 Å². The quantitative estimate of drug-likeness (QED) is 0.189. The van der Waals surface area contributed by atoms with E-state index >= 15 is 0 Å². The van der Waals surface area contributed by atoms with Crippen molar-refractivity contribution < 1.29 is 14.3 Å². The number of hydrogen-bond acceptors (Lipinski definition) is 4. The third kappa shape index (κ3) is 7.47. The lowest BCUT2D eigenvalue weighted by Crippen LogP contribution is -2.13. The van der Waals surface area contributed by atoms with Gasteiger partial charge < -0.3 is 14.8 Å². The van der Waals surface area contributed by atoms with Crippen molar-refractivity contribution in [2.45, 2.75) is 20.1 Å². The minimum Gasteiger partial charge on any atom is -0.489 e. The predicted molar refractivity (Wildman–Crippen MR) is 146 cm³/mol. The van der Waals surface area contributed by atoms with Gasteiger partial charge in [0.25, 0.3) is 5.91 Å². The molecule has 0 aliphatic rings. The molecule has 0 heterocycles. The predicted octanol–water partition coefficient (Wildman–Crippen LogP) is 7.35. The number of benzene rings is 4. The van der Waals surface area contributed by atoms with Crippen molar-refractivity contribution in [3.63, 3.8) is 0 Å². The van der Waals surface area contributed by atoms with Crippen LogP contribution in [0.3, 0.4) is 0 Å². The van der Waals surface area contributed by atoms with Crippen LogP contribution in [0.25, 0.3) is 6.08 Å². The zero-order valence-electron chi connectivity index (χ0n) is 20.3. The molecule has 4 aromatic carbocycles. The highest BCUT2D eigenvalue weighted by Gasteiger charge is 2.12. The van der Waals surface area contributed by atoms with Gasteiger partial charge in [0.15, 0.2) is 0 Å². The summed E-state index contributed by atoms with van der Waals surface area (Å²) < 4.78 is 11.8. The molecule has 0 aromatic heterocycles. The molecule has 0 aliphatic carbocycles. The van der Waals surface area contributed by atoms with Gasteiger partial charge in [-0.3, -0.25) is 4.79 Å². The Hall–Kier alpha value is -4.53. The highest BCUT2D eigenvalue weighted by atomic mass is 35.5. The molecule has 6 heteroatoms. The first kappa shape index (κ1) is 25.6. The minimum absolute atomic E-state index is 0.0329. The first-order valence-electron chi connectivity index (χ1n) is 11.7. The molecule has 37 heavy (non-hydrogen) atoms. The number of nitrogens with one attached hydrogen (secondary N) is 1. The standard InChI is InChI=1S/C31H25ClN2O3/c1-22-6-8-23(9-7-22)21-37-30-5-3-2-4-25(30)18-26(19-33)31(35)34-28-14-16-29(17-15-28)36-20-24-10-12-27(32)13-11-24/h2-18H,20-21H2,1H3,(H,34,35)/b26-18+. The second kappa shape index (κ2) is 12.4. The third-order valence-corrected chi connectivity index (χ3v) is 5.78. The van der Waals surface area contributed by atoms with E-state index < -0.39 is 5.91 Å². The van der Waals surface area contributed by atoms with Crippen LogP contribution in [0.2, 0.25) is 5.02 Å². The summed E-state index contributed by atoms with van der Waals surface area (Å²) in [5, 5.41) is 13.1. The lowest BCUT2D eigenvalue weighted by Gasteiger charge is -2.11. The molecular weight excluding hydrogens is 484 g/mol. The van der Waals surface area contributed by atoms with Crippen LogP contribution in [0.4, 0.5) is 5.69 Å². The Morgan fingerprint density at radius 3 is 2.16 bits per heavy atom. The summed E-state index contributed by atoms with van der Waals surface area (Å²) in [7, 11) is 0. The van der Waals surface area contributed by atoms with Crippen LogP contribution in [-0.4, -0.2) is 5.91 Å². The van der Waals surface area contributed by atoms with Crippen molar-refractivity contribution >= 4 is 29.3 Å². The van der Waals surface area contributed by atoms with Gasteiger partial charge in [0.1, 0.15) is 36.4 Å². The number of para-hydroxylation sites is 1. The molecular formula is C31H25ClN2O3. The van der Waals surface area contributed by atoms with Crippen LogP contribution in [-0.2, 0) is 18.0 Å². The molecule has 5 nitrogen and oxygen atoms in total. The fraction of sp³-hybridized carbons (Fsp3) is 0.0968. The number of anilines is 1. The molecule has 0 saturated carbocycles. The highest BCUT2D eigenvalue weighted by Crippen LogP contribution is 2.23. The SMILES string of the molecule is Cc1ccc(COc2ccccc2/C=C(\C#N)C(=O)Nc2ccc(OCc3ccc(Cl)cc3)cc2)cc1. The van der Waals surface area contributed by atoms with Gasteiger partial charge in [0.05, 0.1) is 0 Å². The molecule has 0 bridgehead atoms. The van der Waals surface area contributed by atoms with Crippen LogP contribution >= 0.6 is 11.6 Å². The first-order chi connectivity index (χ1) is 18.0. The van der Waals surface area contributed by atoms with Crippen molar-refractivity contribution in [1.82, 2.24) is 0 Å². The van der Waals surface area contributed by atoms with Crippen molar-refractivity contribution in [3.05, 3.63) is 130 Å². The molecule has 1 N–H and O–H groups in total. The van der Waals surface area contributed by atoms with E-state index in [4.69, 9.17) is 21.1 Å². The van der Waals surface area contributed by atoms with Crippen molar-refractivity contribution in [2.24, 2.45) is 0 Å². The molecule has 0 fully saturated rings. The third-order valence-electron chi connectivity index (χ3n) is 5.53. The number of hydrogen-bond donors (Lipinski definition) is 1. The Kier molecular flexibility index (Phi) is 8.59.